The van der Waals surface area contributed by atoms with E-state index in [0.29, 0.717) is 22.0 Å². The van der Waals surface area contributed by atoms with Gasteiger partial charge in [-0.25, -0.2) is 0 Å². The molecular formula is C23H34OS2. The van der Waals surface area contributed by atoms with Crippen LogP contribution in [0.1, 0.15) is 72.1 Å². The summed E-state index contributed by atoms with van der Waals surface area (Å²) in [5.41, 5.74) is 3.06. The molecule has 1 saturated heterocycles. The van der Waals surface area contributed by atoms with Crippen molar-refractivity contribution in [1.82, 2.24) is 0 Å². The predicted octanol–water partition coefficient (Wildman–Crippen LogP) is 6.39. The van der Waals surface area contributed by atoms with Crippen molar-refractivity contribution in [3.8, 4) is 0 Å². The second kappa shape index (κ2) is 5.60. The van der Waals surface area contributed by atoms with Gasteiger partial charge in [-0.1, -0.05) is 59.2 Å². The van der Waals surface area contributed by atoms with Crippen LogP contribution in [0.2, 0.25) is 0 Å². The monoisotopic (exact) mass is 390 g/mol. The predicted molar refractivity (Wildman–Crippen MR) is 114 cm³/mol. The van der Waals surface area contributed by atoms with Crippen LogP contribution in [-0.2, 0) is 0 Å². The van der Waals surface area contributed by atoms with Gasteiger partial charge in [0.15, 0.2) is 0 Å². The number of rotatable bonds is 0. The second-order valence-electron chi connectivity index (χ2n) is 10.7. The van der Waals surface area contributed by atoms with E-state index in [-0.39, 0.29) is 5.41 Å². The van der Waals surface area contributed by atoms with Crippen LogP contribution in [0, 0.1) is 28.6 Å². The van der Waals surface area contributed by atoms with Gasteiger partial charge >= 0.3 is 0 Å². The molecule has 0 aromatic heterocycles. The smallest absolute Gasteiger partial charge is 0.0679 e. The Balaban J connectivity index is 1.53. The van der Waals surface area contributed by atoms with Crippen molar-refractivity contribution >= 4 is 21.6 Å². The Hall–Kier alpha value is 0.140. The second-order valence-corrected chi connectivity index (χ2v) is 13.5. The summed E-state index contributed by atoms with van der Waals surface area (Å²) in [6.45, 7) is 11.7. The Kier molecular flexibility index (Phi) is 3.92. The lowest BCUT2D eigenvalue weighted by atomic mass is 9.45. The highest BCUT2D eigenvalue weighted by atomic mass is 33.1. The summed E-state index contributed by atoms with van der Waals surface area (Å²) in [6.07, 6.45) is 12.6. The minimum Gasteiger partial charge on any atom is -0.390 e. The van der Waals surface area contributed by atoms with E-state index in [9.17, 15) is 5.11 Å². The number of hydrogen-bond donors (Lipinski definition) is 1. The highest BCUT2D eigenvalue weighted by Crippen LogP contribution is 2.70. The maximum absolute atomic E-state index is 11.1. The summed E-state index contributed by atoms with van der Waals surface area (Å²) >= 11 is 0. The summed E-state index contributed by atoms with van der Waals surface area (Å²) in [6, 6.07) is 0. The lowest BCUT2D eigenvalue weighted by Crippen LogP contribution is -2.55. The first kappa shape index (κ1) is 18.2. The van der Waals surface area contributed by atoms with Crippen molar-refractivity contribution in [2.24, 2.45) is 28.6 Å². The van der Waals surface area contributed by atoms with Gasteiger partial charge in [-0.2, -0.15) is 0 Å². The van der Waals surface area contributed by atoms with Crippen molar-refractivity contribution < 1.29 is 5.11 Å². The topological polar surface area (TPSA) is 20.2 Å². The van der Waals surface area contributed by atoms with E-state index in [1.165, 1.54) is 49.9 Å². The van der Waals surface area contributed by atoms with E-state index in [2.05, 4.69) is 55.0 Å². The molecule has 1 aliphatic heterocycles. The van der Waals surface area contributed by atoms with E-state index in [1.54, 1.807) is 5.57 Å². The van der Waals surface area contributed by atoms with E-state index in [1.807, 2.05) is 0 Å². The molecule has 144 valence electrons. The molecule has 1 heterocycles. The molecule has 0 aromatic rings. The van der Waals surface area contributed by atoms with Crippen molar-refractivity contribution in [2.75, 3.05) is 5.75 Å². The van der Waals surface area contributed by atoms with Crippen LogP contribution in [0.4, 0.5) is 0 Å². The molecule has 1 unspecified atom stereocenters. The third-order valence-electron chi connectivity index (χ3n) is 9.48. The van der Waals surface area contributed by atoms with Gasteiger partial charge in [0.2, 0.25) is 0 Å². The number of fused-ring (bicyclic) bond motifs is 5. The normalized spacial score (nSPS) is 56.1. The molecule has 3 heteroatoms. The van der Waals surface area contributed by atoms with Crippen molar-refractivity contribution in [3.05, 3.63) is 23.8 Å². The highest BCUT2D eigenvalue weighted by Gasteiger charge is 2.63. The fourth-order valence-corrected chi connectivity index (χ4v) is 11.1. The zero-order valence-corrected chi connectivity index (χ0v) is 18.3. The van der Waals surface area contributed by atoms with Crippen LogP contribution >= 0.6 is 21.6 Å². The van der Waals surface area contributed by atoms with Crippen molar-refractivity contribution in [3.63, 3.8) is 0 Å². The minimum absolute atomic E-state index is 0.0384. The third kappa shape index (κ3) is 2.23. The van der Waals surface area contributed by atoms with Crippen LogP contribution in [0.5, 0.6) is 0 Å². The fraction of sp³-hybridized carbons (Fsp3) is 0.826. The van der Waals surface area contributed by atoms with E-state index < -0.39 is 5.60 Å². The van der Waals surface area contributed by atoms with Gasteiger partial charge in [-0.15, -0.1) is 0 Å². The largest absolute Gasteiger partial charge is 0.390 e. The maximum Gasteiger partial charge on any atom is 0.0679 e. The molecule has 3 saturated carbocycles. The maximum atomic E-state index is 11.1. The average Bonchev–Trinajstić information content (AvgIpc) is 3.11. The van der Waals surface area contributed by atoms with Gasteiger partial charge in [-0.05, 0) is 81.5 Å². The number of aliphatic hydroxyl groups is 1. The van der Waals surface area contributed by atoms with Crippen LogP contribution in [-0.4, -0.2) is 21.2 Å². The molecule has 5 rings (SSSR count). The van der Waals surface area contributed by atoms with Crippen molar-refractivity contribution in [2.45, 2.75) is 82.5 Å². The Morgan fingerprint density at radius 3 is 2.65 bits per heavy atom. The van der Waals surface area contributed by atoms with E-state index >= 15 is 0 Å². The molecule has 26 heavy (non-hydrogen) atoms. The summed E-state index contributed by atoms with van der Waals surface area (Å²) in [4.78, 5) is 0. The van der Waals surface area contributed by atoms with Gasteiger partial charge in [0.05, 0.1) is 5.60 Å². The molecule has 1 nitrogen and oxygen atoms in total. The fourth-order valence-electron chi connectivity index (χ4n) is 7.76. The highest BCUT2D eigenvalue weighted by molar-refractivity contribution is 8.77. The van der Waals surface area contributed by atoms with Gasteiger partial charge in [-0.3, -0.25) is 0 Å². The molecule has 1 spiro atoms. The van der Waals surface area contributed by atoms with Crippen molar-refractivity contribution in [1.29, 1.82) is 0 Å². The lowest BCUT2D eigenvalue weighted by molar-refractivity contribution is -0.0968. The average molecular weight is 391 g/mol. The zero-order valence-electron chi connectivity index (χ0n) is 16.6. The Labute approximate surface area is 167 Å². The van der Waals surface area contributed by atoms with Crippen LogP contribution in [0.3, 0.4) is 0 Å². The SMILES string of the molecule is C=C1C[C@@]2(C)[C@@H](CC[C@]2(C)O)[C@@H]2CCC3=CC4(CCSS4)CC[C@]3(C)[C@@H]12. The summed E-state index contributed by atoms with van der Waals surface area (Å²) in [7, 11) is 4.23. The number of hydrogen-bond acceptors (Lipinski definition) is 3. The third-order valence-corrected chi connectivity index (χ3v) is 12.7. The molecule has 0 aromatic carbocycles. The van der Waals surface area contributed by atoms with E-state index in [0.717, 1.165) is 18.8 Å². The molecule has 0 amide bonds. The summed E-state index contributed by atoms with van der Waals surface area (Å²) in [5, 5.41) is 11.1. The van der Waals surface area contributed by atoms with Gasteiger partial charge in [0, 0.05) is 15.9 Å². The molecule has 7 atom stereocenters. The van der Waals surface area contributed by atoms with Gasteiger partial charge in [0.1, 0.15) is 0 Å². The van der Waals surface area contributed by atoms with E-state index in [4.69, 9.17) is 0 Å². The molecular weight excluding hydrogens is 356 g/mol. The zero-order chi connectivity index (χ0) is 18.4. The summed E-state index contributed by atoms with van der Waals surface area (Å²) in [5.74, 6) is 3.38. The Bertz CT molecular complexity index is 674. The molecule has 0 bridgehead atoms. The van der Waals surface area contributed by atoms with Crippen LogP contribution < -0.4 is 0 Å². The molecule has 4 aliphatic carbocycles. The molecule has 5 aliphatic rings. The molecule has 0 radical (unpaired) electrons. The molecule has 4 fully saturated rings. The van der Waals surface area contributed by atoms with Gasteiger partial charge < -0.3 is 5.11 Å². The Morgan fingerprint density at radius 2 is 1.92 bits per heavy atom. The van der Waals surface area contributed by atoms with Gasteiger partial charge in [0.25, 0.3) is 0 Å². The first-order valence-electron chi connectivity index (χ1n) is 10.6. The first-order valence-corrected chi connectivity index (χ1v) is 13.0. The lowest BCUT2D eigenvalue weighted by Gasteiger charge is -2.60. The van der Waals surface area contributed by atoms with Crippen LogP contribution in [0.15, 0.2) is 23.8 Å². The minimum atomic E-state index is -0.517. The van der Waals surface area contributed by atoms with Crippen LogP contribution in [0.25, 0.3) is 0 Å². The first-order chi connectivity index (χ1) is 12.2. The molecule has 1 N–H and O–H groups in total. The Morgan fingerprint density at radius 1 is 1.12 bits per heavy atom. The summed E-state index contributed by atoms with van der Waals surface area (Å²) < 4.78 is 0.438. The number of allylic oxidation sites excluding steroid dienone is 2. The quantitative estimate of drug-likeness (QED) is 0.382. The standard InChI is InChI=1S/C23H34OS2/c1-15-13-21(3)18(7-8-22(21,4)24)17-6-5-16-14-23(11-12-25-26-23)10-9-20(16,2)19(15)17/h14,17-19,24H,1,5-13H2,2-4H3/t17-,18-,19-,20-,21-,22-,23?/m0/s1.